The summed E-state index contributed by atoms with van der Waals surface area (Å²) in [6.07, 6.45) is 7.46. The highest BCUT2D eigenvalue weighted by molar-refractivity contribution is 7.92. The molecule has 0 unspecified atom stereocenters. The zero-order valence-electron chi connectivity index (χ0n) is 16.9. The molecule has 0 bridgehead atoms. The van der Waals surface area contributed by atoms with E-state index in [2.05, 4.69) is 26.1 Å². The Hall–Kier alpha value is -1.56. The molecule has 0 saturated heterocycles. The summed E-state index contributed by atoms with van der Waals surface area (Å²) in [5.74, 6) is 0.687. The number of hydrogen-bond donors (Lipinski definition) is 1. The molecule has 1 heterocycles. The van der Waals surface area contributed by atoms with Gasteiger partial charge >= 0.3 is 0 Å². The van der Waals surface area contributed by atoms with Crippen molar-refractivity contribution >= 4 is 21.6 Å². The summed E-state index contributed by atoms with van der Waals surface area (Å²) < 4.78 is 25.1. The van der Waals surface area contributed by atoms with Crippen molar-refractivity contribution in [2.45, 2.75) is 65.3 Å². The number of sulfonamides is 1. The number of carbonyl (C=O) groups excluding carboxylic acids is 1. The predicted molar refractivity (Wildman–Crippen MR) is 110 cm³/mol. The van der Waals surface area contributed by atoms with E-state index < -0.39 is 10.0 Å². The summed E-state index contributed by atoms with van der Waals surface area (Å²) in [6, 6.07) is 5.59. The van der Waals surface area contributed by atoms with Crippen LogP contribution in [0.3, 0.4) is 0 Å². The minimum absolute atomic E-state index is 0.0474. The van der Waals surface area contributed by atoms with Gasteiger partial charge in [-0.2, -0.15) is 0 Å². The fraction of sp³-hybridized carbons (Fsp3) is 0.667. The van der Waals surface area contributed by atoms with Crippen molar-refractivity contribution < 1.29 is 13.2 Å². The first kappa shape index (κ1) is 20.2. The molecule has 3 rings (SSSR count). The van der Waals surface area contributed by atoms with Crippen LogP contribution in [0.1, 0.15) is 68.8 Å². The van der Waals surface area contributed by atoms with Gasteiger partial charge in [-0.25, -0.2) is 8.42 Å². The van der Waals surface area contributed by atoms with Gasteiger partial charge in [0.1, 0.15) is 0 Å². The van der Waals surface area contributed by atoms with Crippen LogP contribution in [0.4, 0.5) is 5.69 Å². The Balaban J connectivity index is 1.62. The Morgan fingerprint density at radius 1 is 1.22 bits per heavy atom. The number of nitrogens with one attached hydrogen (secondary N) is 1. The van der Waals surface area contributed by atoms with Gasteiger partial charge in [0.25, 0.3) is 5.91 Å². The van der Waals surface area contributed by atoms with E-state index in [0.717, 1.165) is 24.3 Å². The van der Waals surface area contributed by atoms with Gasteiger partial charge in [0, 0.05) is 18.2 Å². The maximum Gasteiger partial charge on any atom is 0.251 e. The van der Waals surface area contributed by atoms with Crippen molar-refractivity contribution in [2.24, 2.45) is 11.3 Å². The number of hydrogen-bond acceptors (Lipinski definition) is 3. The summed E-state index contributed by atoms with van der Waals surface area (Å²) in [4.78, 5) is 12.7. The maximum atomic E-state index is 12.7. The van der Waals surface area contributed by atoms with Crippen LogP contribution in [-0.2, 0) is 16.4 Å². The highest BCUT2D eigenvalue weighted by Crippen LogP contribution is 2.40. The van der Waals surface area contributed by atoms with E-state index in [1.807, 2.05) is 6.07 Å². The van der Waals surface area contributed by atoms with E-state index in [1.165, 1.54) is 29.8 Å². The van der Waals surface area contributed by atoms with Crippen molar-refractivity contribution in [1.82, 2.24) is 5.32 Å². The topological polar surface area (TPSA) is 66.5 Å². The number of fused-ring (bicyclic) bond motifs is 1. The van der Waals surface area contributed by atoms with Crippen LogP contribution in [0.15, 0.2) is 18.2 Å². The number of carbonyl (C=O) groups is 1. The van der Waals surface area contributed by atoms with Crippen molar-refractivity contribution in [3.63, 3.8) is 0 Å². The van der Waals surface area contributed by atoms with Crippen molar-refractivity contribution in [1.29, 1.82) is 0 Å². The molecule has 1 amide bonds. The minimum atomic E-state index is -3.26. The molecule has 2 aliphatic rings. The molecule has 5 nitrogen and oxygen atoms in total. The van der Waals surface area contributed by atoms with Gasteiger partial charge in [-0.3, -0.25) is 9.10 Å². The molecular formula is C21H32N2O3S. The normalized spacial score (nSPS) is 23.2. The molecule has 27 heavy (non-hydrogen) atoms. The quantitative estimate of drug-likeness (QED) is 0.830. The summed E-state index contributed by atoms with van der Waals surface area (Å²) >= 11 is 0. The maximum absolute atomic E-state index is 12.7. The zero-order chi connectivity index (χ0) is 19.8. The van der Waals surface area contributed by atoms with E-state index in [1.54, 1.807) is 12.1 Å². The van der Waals surface area contributed by atoms with Gasteiger partial charge in [-0.1, -0.05) is 27.2 Å². The highest BCUT2D eigenvalue weighted by Gasteiger charge is 2.32. The Morgan fingerprint density at radius 2 is 1.89 bits per heavy atom. The van der Waals surface area contributed by atoms with E-state index in [-0.39, 0.29) is 11.9 Å². The van der Waals surface area contributed by atoms with Crippen LogP contribution in [0.5, 0.6) is 0 Å². The second kappa shape index (κ2) is 7.46. The number of nitrogens with zero attached hydrogens (tertiary/aromatic N) is 1. The largest absolute Gasteiger partial charge is 0.349 e. The average molecular weight is 393 g/mol. The van der Waals surface area contributed by atoms with Gasteiger partial charge in [0.2, 0.25) is 10.0 Å². The molecule has 0 spiro atoms. The first-order chi connectivity index (χ1) is 12.6. The third-order valence-corrected chi connectivity index (χ3v) is 7.85. The van der Waals surface area contributed by atoms with Gasteiger partial charge in [-0.15, -0.1) is 0 Å². The van der Waals surface area contributed by atoms with E-state index in [4.69, 9.17) is 0 Å². The van der Waals surface area contributed by atoms with E-state index in [9.17, 15) is 13.2 Å². The molecule has 1 fully saturated rings. The lowest BCUT2D eigenvalue weighted by Crippen LogP contribution is -2.39. The zero-order valence-corrected chi connectivity index (χ0v) is 17.7. The molecule has 1 aliphatic heterocycles. The van der Waals surface area contributed by atoms with Gasteiger partial charge in [0.15, 0.2) is 0 Å². The molecule has 6 heteroatoms. The third-order valence-electron chi connectivity index (χ3n) is 6.67. The van der Waals surface area contributed by atoms with Crippen LogP contribution in [-0.4, -0.2) is 33.2 Å². The van der Waals surface area contributed by atoms with Crippen LogP contribution in [0.2, 0.25) is 0 Å². The summed E-state index contributed by atoms with van der Waals surface area (Å²) in [5, 5.41) is 3.19. The Bertz CT molecular complexity index is 809. The van der Waals surface area contributed by atoms with Gasteiger partial charge < -0.3 is 5.32 Å². The van der Waals surface area contributed by atoms with Crippen molar-refractivity contribution in [2.75, 3.05) is 17.1 Å². The molecule has 1 N–H and O–H groups in total. The Kier molecular flexibility index (Phi) is 5.57. The monoisotopic (exact) mass is 392 g/mol. The fourth-order valence-electron chi connectivity index (χ4n) is 4.43. The second-order valence-corrected chi connectivity index (χ2v) is 10.7. The molecule has 1 aliphatic carbocycles. The third kappa shape index (κ3) is 4.31. The Labute approximate surface area is 163 Å². The standard InChI is InChI=1S/C21H32N2O3S/c1-5-21(2,3)17-7-9-18(10-8-17)22-20(24)16-6-11-19-15(14-16)12-13-23(19)27(4,25)26/h6,11,14,17-18H,5,7-10,12-13H2,1-4H3,(H,22,24). The predicted octanol–water partition coefficient (Wildman–Crippen LogP) is 3.73. The molecule has 0 atom stereocenters. The lowest BCUT2D eigenvalue weighted by atomic mass is 9.69. The van der Waals surface area contributed by atoms with Crippen LogP contribution >= 0.6 is 0 Å². The smallest absolute Gasteiger partial charge is 0.251 e. The number of anilines is 1. The summed E-state index contributed by atoms with van der Waals surface area (Å²) in [7, 11) is -3.26. The lowest BCUT2D eigenvalue weighted by molar-refractivity contribution is 0.0893. The fourth-order valence-corrected chi connectivity index (χ4v) is 5.39. The summed E-state index contributed by atoms with van der Waals surface area (Å²) in [6.45, 7) is 7.41. The van der Waals surface area contributed by atoms with Gasteiger partial charge in [0.05, 0.1) is 11.9 Å². The second-order valence-electron chi connectivity index (χ2n) is 8.79. The molecule has 0 aromatic heterocycles. The van der Waals surface area contributed by atoms with Crippen molar-refractivity contribution in [3.05, 3.63) is 29.3 Å². The molecule has 1 aromatic rings. The number of amides is 1. The molecular weight excluding hydrogens is 360 g/mol. The van der Waals surface area contributed by atoms with E-state index in [0.29, 0.717) is 29.6 Å². The first-order valence-corrected chi connectivity index (χ1v) is 11.9. The molecule has 0 radical (unpaired) electrons. The molecule has 150 valence electrons. The minimum Gasteiger partial charge on any atom is -0.349 e. The number of benzene rings is 1. The molecule has 1 saturated carbocycles. The SMILES string of the molecule is CCC(C)(C)C1CCC(NC(=O)c2ccc3c(c2)CCN3S(C)(=O)=O)CC1. The lowest BCUT2D eigenvalue weighted by Gasteiger charge is -2.39. The average Bonchev–Trinajstić information content (AvgIpc) is 3.05. The van der Waals surface area contributed by atoms with Crippen LogP contribution in [0, 0.1) is 11.3 Å². The number of rotatable bonds is 5. The van der Waals surface area contributed by atoms with Crippen LogP contribution in [0.25, 0.3) is 0 Å². The molecule has 1 aromatic carbocycles. The van der Waals surface area contributed by atoms with E-state index >= 15 is 0 Å². The van der Waals surface area contributed by atoms with Gasteiger partial charge in [-0.05, 0) is 67.2 Å². The van der Waals surface area contributed by atoms with Crippen molar-refractivity contribution in [3.8, 4) is 0 Å². The van der Waals surface area contributed by atoms with Crippen LogP contribution < -0.4 is 9.62 Å². The Morgan fingerprint density at radius 3 is 2.48 bits per heavy atom. The first-order valence-electron chi connectivity index (χ1n) is 10.0. The highest BCUT2D eigenvalue weighted by atomic mass is 32.2. The summed E-state index contributed by atoms with van der Waals surface area (Å²) in [5.41, 5.74) is 2.64.